The van der Waals surface area contributed by atoms with E-state index in [1.165, 1.54) is 6.07 Å². The quantitative estimate of drug-likeness (QED) is 0.803. The molecule has 0 atom stereocenters. The van der Waals surface area contributed by atoms with E-state index in [-0.39, 0.29) is 11.7 Å². The number of benzene rings is 1. The number of carbonyl (C=O) groups is 1. The standard InChI is InChI=1S/C14H17N3O2/c1-11-4-5-13(18)12(10-11)14(19)15-6-2-8-17-9-3-7-16-17/h3-5,7,9-10,18H,2,6,8H2,1H3,(H,15,19). The third-order valence-corrected chi connectivity index (χ3v) is 2.81. The van der Waals surface area contributed by atoms with Crippen molar-refractivity contribution < 1.29 is 9.90 Å². The van der Waals surface area contributed by atoms with E-state index in [2.05, 4.69) is 10.4 Å². The first-order chi connectivity index (χ1) is 9.16. The number of nitrogens with one attached hydrogen (secondary N) is 1. The molecule has 0 aliphatic rings. The second-order valence-corrected chi connectivity index (χ2v) is 4.40. The van der Waals surface area contributed by atoms with Crippen LogP contribution >= 0.6 is 0 Å². The number of rotatable bonds is 5. The van der Waals surface area contributed by atoms with Crippen LogP contribution in [0.3, 0.4) is 0 Å². The second kappa shape index (κ2) is 6.04. The highest BCUT2D eigenvalue weighted by molar-refractivity contribution is 5.96. The van der Waals surface area contributed by atoms with Crippen molar-refractivity contribution in [2.75, 3.05) is 6.54 Å². The number of carbonyl (C=O) groups excluding carboxylic acids is 1. The van der Waals surface area contributed by atoms with Gasteiger partial charge in [0, 0.05) is 25.5 Å². The van der Waals surface area contributed by atoms with E-state index in [0.29, 0.717) is 12.1 Å². The van der Waals surface area contributed by atoms with Gasteiger partial charge in [0.2, 0.25) is 0 Å². The zero-order valence-electron chi connectivity index (χ0n) is 10.8. The molecule has 5 heteroatoms. The molecule has 1 heterocycles. The average Bonchev–Trinajstić information content (AvgIpc) is 2.90. The zero-order valence-corrected chi connectivity index (χ0v) is 10.8. The van der Waals surface area contributed by atoms with Crippen molar-refractivity contribution in [3.05, 3.63) is 47.8 Å². The molecular weight excluding hydrogens is 242 g/mol. The van der Waals surface area contributed by atoms with Gasteiger partial charge < -0.3 is 10.4 Å². The Morgan fingerprint density at radius 2 is 2.32 bits per heavy atom. The van der Waals surface area contributed by atoms with Gasteiger partial charge >= 0.3 is 0 Å². The monoisotopic (exact) mass is 259 g/mol. The van der Waals surface area contributed by atoms with Crippen molar-refractivity contribution >= 4 is 5.91 Å². The molecule has 0 saturated heterocycles. The van der Waals surface area contributed by atoms with E-state index < -0.39 is 0 Å². The van der Waals surface area contributed by atoms with Gasteiger partial charge in [-0.1, -0.05) is 11.6 Å². The fraction of sp³-hybridized carbons (Fsp3) is 0.286. The third-order valence-electron chi connectivity index (χ3n) is 2.81. The molecule has 1 amide bonds. The molecule has 1 aromatic heterocycles. The van der Waals surface area contributed by atoms with Gasteiger partial charge in [-0.25, -0.2) is 0 Å². The van der Waals surface area contributed by atoms with Gasteiger partial charge in [-0.2, -0.15) is 5.10 Å². The highest BCUT2D eigenvalue weighted by Gasteiger charge is 2.10. The summed E-state index contributed by atoms with van der Waals surface area (Å²) in [5.41, 5.74) is 1.26. The summed E-state index contributed by atoms with van der Waals surface area (Å²) in [6.45, 7) is 3.19. The number of aromatic nitrogens is 2. The summed E-state index contributed by atoms with van der Waals surface area (Å²) in [7, 11) is 0. The summed E-state index contributed by atoms with van der Waals surface area (Å²) < 4.78 is 1.82. The maximum atomic E-state index is 11.9. The topological polar surface area (TPSA) is 67.2 Å². The average molecular weight is 259 g/mol. The number of amides is 1. The maximum absolute atomic E-state index is 11.9. The minimum Gasteiger partial charge on any atom is -0.507 e. The molecule has 0 aliphatic carbocycles. The predicted molar refractivity (Wildman–Crippen MR) is 72.0 cm³/mol. The first kappa shape index (κ1) is 13.1. The molecule has 5 nitrogen and oxygen atoms in total. The van der Waals surface area contributed by atoms with Gasteiger partial charge in [-0.3, -0.25) is 9.48 Å². The number of aromatic hydroxyl groups is 1. The molecule has 1 aromatic carbocycles. The Bertz CT molecular complexity index is 550. The molecule has 100 valence electrons. The summed E-state index contributed by atoms with van der Waals surface area (Å²) in [6.07, 6.45) is 4.40. The Labute approximate surface area is 111 Å². The molecule has 0 unspecified atom stereocenters. The van der Waals surface area contributed by atoms with Gasteiger partial charge in [0.05, 0.1) is 5.56 Å². The van der Waals surface area contributed by atoms with E-state index in [1.54, 1.807) is 18.3 Å². The summed E-state index contributed by atoms with van der Waals surface area (Å²) in [5, 5.41) is 16.5. The minimum atomic E-state index is -0.248. The van der Waals surface area contributed by atoms with Crippen LogP contribution in [0.2, 0.25) is 0 Å². The van der Waals surface area contributed by atoms with E-state index >= 15 is 0 Å². The molecule has 2 rings (SSSR count). The molecule has 0 saturated carbocycles. The lowest BCUT2D eigenvalue weighted by Crippen LogP contribution is -2.25. The van der Waals surface area contributed by atoms with Crippen molar-refractivity contribution in [3.63, 3.8) is 0 Å². The smallest absolute Gasteiger partial charge is 0.255 e. The fourth-order valence-corrected chi connectivity index (χ4v) is 1.80. The molecule has 2 N–H and O–H groups in total. The number of hydrogen-bond acceptors (Lipinski definition) is 3. The summed E-state index contributed by atoms with van der Waals surface area (Å²) in [5.74, 6) is -0.239. The minimum absolute atomic E-state index is 0.00942. The number of phenolic OH excluding ortho intramolecular Hbond substituents is 1. The van der Waals surface area contributed by atoms with Gasteiger partial charge in [-0.15, -0.1) is 0 Å². The van der Waals surface area contributed by atoms with Crippen LogP contribution in [0.4, 0.5) is 0 Å². The summed E-state index contributed by atoms with van der Waals surface area (Å²) in [4.78, 5) is 11.9. The van der Waals surface area contributed by atoms with Crippen molar-refractivity contribution in [2.45, 2.75) is 19.9 Å². The Hall–Kier alpha value is -2.30. The van der Waals surface area contributed by atoms with Crippen LogP contribution in [0.5, 0.6) is 5.75 Å². The van der Waals surface area contributed by atoms with Gasteiger partial charge in [-0.05, 0) is 31.5 Å². The van der Waals surface area contributed by atoms with E-state index in [1.807, 2.05) is 23.9 Å². The Morgan fingerprint density at radius 1 is 1.47 bits per heavy atom. The molecule has 2 aromatic rings. The number of nitrogens with zero attached hydrogens (tertiary/aromatic N) is 2. The van der Waals surface area contributed by atoms with Gasteiger partial charge in [0.25, 0.3) is 5.91 Å². The van der Waals surface area contributed by atoms with Crippen LogP contribution in [0, 0.1) is 6.92 Å². The first-order valence-electron chi connectivity index (χ1n) is 6.22. The third kappa shape index (κ3) is 3.58. The van der Waals surface area contributed by atoms with Crippen LogP contribution in [0.25, 0.3) is 0 Å². The normalized spacial score (nSPS) is 10.4. The Morgan fingerprint density at radius 3 is 3.05 bits per heavy atom. The second-order valence-electron chi connectivity index (χ2n) is 4.40. The maximum Gasteiger partial charge on any atom is 0.255 e. The highest BCUT2D eigenvalue weighted by Crippen LogP contribution is 2.17. The van der Waals surface area contributed by atoms with E-state index in [9.17, 15) is 9.90 Å². The molecule has 0 radical (unpaired) electrons. The largest absolute Gasteiger partial charge is 0.507 e. The number of aryl methyl sites for hydroxylation is 2. The predicted octanol–water partition coefficient (Wildman–Crippen LogP) is 1.72. The van der Waals surface area contributed by atoms with Crippen LogP contribution in [0.1, 0.15) is 22.3 Å². The molecule has 19 heavy (non-hydrogen) atoms. The van der Waals surface area contributed by atoms with Crippen molar-refractivity contribution in [1.82, 2.24) is 15.1 Å². The molecule has 0 fully saturated rings. The first-order valence-corrected chi connectivity index (χ1v) is 6.22. The van der Waals surface area contributed by atoms with E-state index in [0.717, 1.165) is 18.5 Å². The molecular formula is C14H17N3O2. The highest BCUT2D eigenvalue weighted by atomic mass is 16.3. The fourth-order valence-electron chi connectivity index (χ4n) is 1.80. The number of phenols is 1. The molecule has 0 spiro atoms. The zero-order chi connectivity index (χ0) is 13.7. The molecule has 0 bridgehead atoms. The van der Waals surface area contributed by atoms with Crippen LogP contribution in [-0.4, -0.2) is 27.3 Å². The van der Waals surface area contributed by atoms with Crippen LogP contribution in [-0.2, 0) is 6.54 Å². The lowest BCUT2D eigenvalue weighted by atomic mass is 10.1. The van der Waals surface area contributed by atoms with Crippen molar-refractivity contribution in [2.24, 2.45) is 0 Å². The lowest BCUT2D eigenvalue weighted by Gasteiger charge is -2.07. The summed E-state index contributed by atoms with van der Waals surface area (Å²) >= 11 is 0. The van der Waals surface area contributed by atoms with Crippen LogP contribution in [0.15, 0.2) is 36.7 Å². The Balaban J connectivity index is 1.82. The number of hydrogen-bond donors (Lipinski definition) is 2. The Kier molecular flexibility index (Phi) is 4.18. The van der Waals surface area contributed by atoms with Crippen LogP contribution < -0.4 is 5.32 Å². The van der Waals surface area contributed by atoms with Gasteiger partial charge in [0.15, 0.2) is 0 Å². The summed E-state index contributed by atoms with van der Waals surface area (Å²) in [6, 6.07) is 6.85. The lowest BCUT2D eigenvalue weighted by molar-refractivity contribution is 0.0950. The SMILES string of the molecule is Cc1ccc(O)c(C(=O)NCCCn2cccn2)c1. The van der Waals surface area contributed by atoms with E-state index in [4.69, 9.17) is 0 Å². The van der Waals surface area contributed by atoms with Gasteiger partial charge in [0.1, 0.15) is 5.75 Å². The van der Waals surface area contributed by atoms with Crippen molar-refractivity contribution in [1.29, 1.82) is 0 Å². The molecule has 0 aliphatic heterocycles. The van der Waals surface area contributed by atoms with Crippen molar-refractivity contribution in [3.8, 4) is 5.75 Å².